The van der Waals surface area contributed by atoms with Gasteiger partial charge < -0.3 is 5.32 Å². The summed E-state index contributed by atoms with van der Waals surface area (Å²) in [4.78, 5) is 12.2. The molecule has 104 valence electrons. The molecule has 0 radical (unpaired) electrons. The zero-order valence-electron chi connectivity index (χ0n) is 11.9. The summed E-state index contributed by atoms with van der Waals surface area (Å²) in [5, 5.41) is 3.10. The van der Waals surface area contributed by atoms with Crippen LogP contribution in [0.1, 0.15) is 51.5 Å². The van der Waals surface area contributed by atoms with Crippen LogP contribution >= 0.6 is 0 Å². The molecule has 1 aliphatic rings. The first-order valence-corrected chi connectivity index (χ1v) is 7.00. The third-order valence-electron chi connectivity index (χ3n) is 3.74. The average Bonchev–Trinajstić information content (AvgIpc) is 3.07. The van der Waals surface area contributed by atoms with Gasteiger partial charge in [-0.05, 0) is 50.3 Å². The second kappa shape index (κ2) is 5.32. The van der Waals surface area contributed by atoms with E-state index in [2.05, 4.69) is 12.2 Å². The number of hydrogen-bond acceptors (Lipinski definition) is 1. The number of nitrogens with one attached hydrogen (secondary N) is 1. The van der Waals surface area contributed by atoms with Gasteiger partial charge in [0.2, 0.25) is 5.91 Å². The van der Waals surface area contributed by atoms with Crippen molar-refractivity contribution in [3.63, 3.8) is 0 Å². The molecule has 0 bridgehead atoms. The minimum absolute atomic E-state index is 0.0120. The van der Waals surface area contributed by atoms with Gasteiger partial charge in [0, 0.05) is 11.5 Å². The SMILES string of the molecule is CCCC(C)(C)NC(=O)[C@H]1C[C@H]1c1cccc(F)c1. The van der Waals surface area contributed by atoms with Gasteiger partial charge in [0.25, 0.3) is 0 Å². The van der Waals surface area contributed by atoms with E-state index in [1.807, 2.05) is 19.9 Å². The van der Waals surface area contributed by atoms with E-state index in [4.69, 9.17) is 0 Å². The summed E-state index contributed by atoms with van der Waals surface area (Å²) in [6.07, 6.45) is 2.85. The van der Waals surface area contributed by atoms with Crippen molar-refractivity contribution in [2.75, 3.05) is 0 Å². The highest BCUT2D eigenvalue weighted by molar-refractivity contribution is 5.83. The number of rotatable bonds is 5. The molecular weight excluding hydrogens is 241 g/mol. The molecule has 3 heteroatoms. The maximum Gasteiger partial charge on any atom is 0.224 e. The number of carbonyl (C=O) groups excluding carboxylic acids is 1. The van der Waals surface area contributed by atoms with E-state index >= 15 is 0 Å². The Hall–Kier alpha value is -1.38. The van der Waals surface area contributed by atoms with Crippen molar-refractivity contribution in [3.05, 3.63) is 35.6 Å². The predicted octanol–water partition coefficient (Wildman–Crippen LogP) is 3.62. The zero-order chi connectivity index (χ0) is 14.0. The molecule has 1 amide bonds. The third-order valence-corrected chi connectivity index (χ3v) is 3.74. The van der Waals surface area contributed by atoms with Crippen LogP contribution < -0.4 is 5.32 Å². The molecule has 1 N–H and O–H groups in total. The largest absolute Gasteiger partial charge is 0.351 e. The normalized spacial score (nSPS) is 22.1. The highest BCUT2D eigenvalue weighted by atomic mass is 19.1. The Morgan fingerprint density at radius 1 is 1.47 bits per heavy atom. The van der Waals surface area contributed by atoms with Crippen molar-refractivity contribution in [1.82, 2.24) is 5.32 Å². The Balaban J connectivity index is 1.94. The van der Waals surface area contributed by atoms with E-state index in [0.29, 0.717) is 0 Å². The van der Waals surface area contributed by atoms with Gasteiger partial charge in [-0.3, -0.25) is 4.79 Å². The van der Waals surface area contributed by atoms with Crippen LogP contribution in [0.15, 0.2) is 24.3 Å². The minimum atomic E-state index is -0.227. The lowest BCUT2D eigenvalue weighted by atomic mass is 9.98. The molecule has 0 saturated heterocycles. The molecule has 0 aromatic heterocycles. The first-order valence-electron chi connectivity index (χ1n) is 7.00. The van der Waals surface area contributed by atoms with Gasteiger partial charge in [0.15, 0.2) is 0 Å². The predicted molar refractivity (Wildman–Crippen MR) is 74.4 cm³/mol. The maximum atomic E-state index is 13.2. The summed E-state index contributed by atoms with van der Waals surface area (Å²) >= 11 is 0. The first kappa shape index (κ1) is 14.0. The number of halogens is 1. The smallest absolute Gasteiger partial charge is 0.224 e. The molecule has 1 saturated carbocycles. The fourth-order valence-corrected chi connectivity index (χ4v) is 2.70. The topological polar surface area (TPSA) is 29.1 Å². The quantitative estimate of drug-likeness (QED) is 0.863. The van der Waals surface area contributed by atoms with E-state index in [1.165, 1.54) is 12.1 Å². The van der Waals surface area contributed by atoms with Crippen molar-refractivity contribution in [1.29, 1.82) is 0 Å². The van der Waals surface area contributed by atoms with Crippen LogP contribution in [0.25, 0.3) is 0 Å². The summed E-state index contributed by atoms with van der Waals surface area (Å²) in [7, 11) is 0. The second-order valence-corrected chi connectivity index (χ2v) is 6.13. The summed E-state index contributed by atoms with van der Waals surface area (Å²) < 4.78 is 13.2. The fourth-order valence-electron chi connectivity index (χ4n) is 2.70. The summed E-state index contributed by atoms with van der Waals surface area (Å²) in [5.74, 6) is 0.0774. The Labute approximate surface area is 114 Å². The third kappa shape index (κ3) is 3.55. The number of amides is 1. The Morgan fingerprint density at radius 2 is 2.21 bits per heavy atom. The molecule has 2 rings (SSSR count). The lowest BCUT2D eigenvalue weighted by molar-refractivity contribution is -0.124. The summed E-state index contributed by atoms with van der Waals surface area (Å²) in [5.41, 5.74) is 0.787. The Morgan fingerprint density at radius 3 is 2.84 bits per heavy atom. The molecule has 19 heavy (non-hydrogen) atoms. The zero-order valence-corrected chi connectivity index (χ0v) is 11.9. The van der Waals surface area contributed by atoms with Gasteiger partial charge in [0.05, 0.1) is 0 Å². The van der Waals surface area contributed by atoms with Crippen LogP contribution in [0.4, 0.5) is 4.39 Å². The Kier molecular flexibility index (Phi) is 3.93. The van der Waals surface area contributed by atoms with Gasteiger partial charge in [-0.1, -0.05) is 25.5 Å². The average molecular weight is 263 g/mol. The molecule has 1 fully saturated rings. The van der Waals surface area contributed by atoms with Crippen molar-refractivity contribution in [3.8, 4) is 0 Å². The van der Waals surface area contributed by atoms with Crippen LogP contribution in [0, 0.1) is 11.7 Å². The van der Waals surface area contributed by atoms with Crippen molar-refractivity contribution < 1.29 is 9.18 Å². The highest BCUT2D eigenvalue weighted by Crippen LogP contribution is 2.47. The van der Waals surface area contributed by atoms with Crippen molar-refractivity contribution in [2.45, 2.75) is 51.5 Å². The van der Waals surface area contributed by atoms with Crippen LogP contribution in [0.2, 0.25) is 0 Å². The number of hydrogen-bond donors (Lipinski definition) is 1. The van der Waals surface area contributed by atoms with Crippen LogP contribution in [-0.2, 0) is 4.79 Å². The monoisotopic (exact) mass is 263 g/mol. The van der Waals surface area contributed by atoms with Crippen LogP contribution in [0.5, 0.6) is 0 Å². The minimum Gasteiger partial charge on any atom is -0.351 e. The summed E-state index contributed by atoms with van der Waals surface area (Å²) in [6, 6.07) is 6.58. The van der Waals surface area contributed by atoms with Crippen LogP contribution in [-0.4, -0.2) is 11.4 Å². The van der Waals surface area contributed by atoms with Gasteiger partial charge in [-0.15, -0.1) is 0 Å². The fraction of sp³-hybridized carbons (Fsp3) is 0.562. The molecular formula is C16H22FNO. The molecule has 0 heterocycles. The van der Waals surface area contributed by atoms with E-state index < -0.39 is 0 Å². The molecule has 0 unspecified atom stereocenters. The number of benzene rings is 1. The van der Waals surface area contributed by atoms with E-state index in [9.17, 15) is 9.18 Å². The van der Waals surface area contributed by atoms with E-state index in [0.717, 1.165) is 24.8 Å². The standard InChI is InChI=1S/C16H22FNO/c1-4-8-16(2,3)18-15(19)14-10-13(14)11-6-5-7-12(17)9-11/h5-7,9,13-14H,4,8,10H2,1-3H3,(H,18,19)/t13-,14-/m0/s1. The molecule has 0 spiro atoms. The Bertz CT molecular complexity index is 470. The lowest BCUT2D eigenvalue weighted by Gasteiger charge is -2.25. The van der Waals surface area contributed by atoms with Crippen molar-refractivity contribution in [2.24, 2.45) is 5.92 Å². The summed E-state index contributed by atoms with van der Waals surface area (Å²) in [6.45, 7) is 6.21. The lowest BCUT2D eigenvalue weighted by Crippen LogP contribution is -2.44. The molecule has 2 nitrogen and oxygen atoms in total. The van der Waals surface area contributed by atoms with E-state index in [-0.39, 0.29) is 29.1 Å². The molecule has 1 aromatic carbocycles. The molecule has 1 aromatic rings. The van der Waals surface area contributed by atoms with Gasteiger partial charge >= 0.3 is 0 Å². The second-order valence-electron chi connectivity index (χ2n) is 6.13. The van der Waals surface area contributed by atoms with Crippen molar-refractivity contribution >= 4 is 5.91 Å². The molecule has 0 aliphatic heterocycles. The highest BCUT2D eigenvalue weighted by Gasteiger charge is 2.45. The van der Waals surface area contributed by atoms with Gasteiger partial charge in [0.1, 0.15) is 5.82 Å². The van der Waals surface area contributed by atoms with E-state index in [1.54, 1.807) is 6.07 Å². The van der Waals surface area contributed by atoms with Gasteiger partial charge in [-0.2, -0.15) is 0 Å². The first-order chi connectivity index (χ1) is 8.93. The molecule has 1 aliphatic carbocycles. The number of carbonyl (C=O) groups is 1. The maximum absolute atomic E-state index is 13.2. The molecule has 2 atom stereocenters. The van der Waals surface area contributed by atoms with Gasteiger partial charge in [-0.25, -0.2) is 4.39 Å². The van der Waals surface area contributed by atoms with Crippen LogP contribution in [0.3, 0.4) is 0 Å².